The van der Waals surface area contributed by atoms with Crippen LogP contribution >= 0.6 is 0 Å². The summed E-state index contributed by atoms with van der Waals surface area (Å²) < 4.78 is 31.3. The second kappa shape index (κ2) is 7.81. The van der Waals surface area contributed by atoms with E-state index in [1.807, 2.05) is 30.3 Å². The molecule has 0 amide bonds. The van der Waals surface area contributed by atoms with Crippen molar-refractivity contribution in [2.24, 2.45) is 0 Å². The maximum Gasteiger partial charge on any atom is 0.353 e. The van der Waals surface area contributed by atoms with Gasteiger partial charge in [-0.2, -0.15) is 4.39 Å². The number of aromatic nitrogens is 3. The van der Waals surface area contributed by atoms with Crippen molar-refractivity contribution in [1.82, 2.24) is 15.0 Å². The van der Waals surface area contributed by atoms with Crippen LogP contribution in [-0.4, -0.2) is 47.1 Å². The lowest BCUT2D eigenvalue weighted by Gasteiger charge is -2.30. The SMILES string of the molecule is COC(OC)(OC(C)C)C(=O)c1c(F)nnn1[C@H](C)c1ccccc1. The van der Waals surface area contributed by atoms with E-state index in [1.54, 1.807) is 20.8 Å². The Morgan fingerprint density at radius 3 is 2.28 bits per heavy atom. The van der Waals surface area contributed by atoms with Crippen molar-refractivity contribution in [3.8, 4) is 0 Å². The van der Waals surface area contributed by atoms with E-state index in [9.17, 15) is 9.18 Å². The largest absolute Gasteiger partial charge is 0.353 e. The molecule has 0 saturated carbocycles. The summed E-state index contributed by atoms with van der Waals surface area (Å²) >= 11 is 0. The molecule has 0 fully saturated rings. The van der Waals surface area contributed by atoms with Crippen LogP contribution in [0.4, 0.5) is 4.39 Å². The van der Waals surface area contributed by atoms with Crippen molar-refractivity contribution in [2.75, 3.05) is 14.2 Å². The maximum atomic E-state index is 14.3. The highest BCUT2D eigenvalue weighted by Gasteiger charge is 2.46. The summed E-state index contributed by atoms with van der Waals surface area (Å²) in [6.45, 7) is 5.20. The normalized spacial score (nSPS) is 13.2. The Morgan fingerprint density at radius 1 is 1.16 bits per heavy atom. The van der Waals surface area contributed by atoms with Crippen molar-refractivity contribution >= 4 is 5.78 Å². The molecule has 0 saturated heterocycles. The van der Waals surface area contributed by atoms with Gasteiger partial charge in [0.25, 0.3) is 11.7 Å². The number of ether oxygens (including phenoxy) is 3. The Bertz CT molecular complexity index is 714. The van der Waals surface area contributed by atoms with Gasteiger partial charge in [0.2, 0.25) is 0 Å². The quantitative estimate of drug-likeness (QED) is 0.537. The van der Waals surface area contributed by atoms with Crippen LogP contribution in [0.2, 0.25) is 0 Å². The molecule has 8 heteroatoms. The van der Waals surface area contributed by atoms with Crippen LogP contribution in [0.5, 0.6) is 0 Å². The summed E-state index contributed by atoms with van der Waals surface area (Å²) in [5.41, 5.74) is 0.465. The van der Waals surface area contributed by atoms with Crippen LogP contribution < -0.4 is 0 Å². The van der Waals surface area contributed by atoms with Crippen LogP contribution in [-0.2, 0) is 14.2 Å². The van der Waals surface area contributed by atoms with E-state index in [-0.39, 0.29) is 5.69 Å². The number of carbonyl (C=O) groups excluding carboxylic acids is 1. The van der Waals surface area contributed by atoms with Gasteiger partial charge in [-0.15, -0.1) is 0 Å². The molecule has 2 aromatic rings. The average Bonchev–Trinajstić information content (AvgIpc) is 3.00. The summed E-state index contributed by atoms with van der Waals surface area (Å²) in [6.07, 6.45) is -0.400. The van der Waals surface area contributed by atoms with Gasteiger partial charge >= 0.3 is 5.97 Å². The molecule has 0 spiro atoms. The minimum absolute atomic E-state index is 0.374. The Balaban J connectivity index is 2.48. The minimum atomic E-state index is -2.08. The summed E-state index contributed by atoms with van der Waals surface area (Å²) in [5, 5.41) is 7.18. The Hall–Kier alpha value is -2.16. The molecular formula is C17H22FN3O4. The predicted octanol–water partition coefficient (Wildman–Crippen LogP) is 2.58. The van der Waals surface area contributed by atoms with E-state index in [0.717, 1.165) is 5.56 Å². The number of hydrogen-bond acceptors (Lipinski definition) is 6. The zero-order valence-corrected chi connectivity index (χ0v) is 14.9. The molecule has 1 aromatic carbocycles. The standard InChI is InChI=1S/C17H22FN3O4/c1-11(2)25-17(23-4,24-5)15(22)14-16(18)19-20-21(14)12(3)13-9-7-6-8-10-13/h6-12H,1-5H3/t12-/m1/s1. The van der Waals surface area contributed by atoms with Crippen LogP contribution in [0.3, 0.4) is 0 Å². The lowest BCUT2D eigenvalue weighted by atomic mass is 10.1. The Kier molecular flexibility index (Phi) is 5.99. The highest BCUT2D eigenvalue weighted by atomic mass is 19.1. The molecule has 0 aliphatic carbocycles. The van der Waals surface area contributed by atoms with Crippen LogP contribution in [0.1, 0.15) is 42.9 Å². The second-order valence-corrected chi connectivity index (χ2v) is 5.72. The van der Waals surface area contributed by atoms with Gasteiger partial charge in [0.15, 0.2) is 5.69 Å². The summed E-state index contributed by atoms with van der Waals surface area (Å²) in [5.74, 6) is -3.94. The molecule has 1 heterocycles. The predicted molar refractivity (Wildman–Crippen MR) is 87.5 cm³/mol. The average molecular weight is 351 g/mol. The zero-order valence-electron chi connectivity index (χ0n) is 14.9. The molecule has 1 aromatic heterocycles. The highest BCUT2D eigenvalue weighted by Crippen LogP contribution is 2.26. The second-order valence-electron chi connectivity index (χ2n) is 5.72. The van der Waals surface area contributed by atoms with Crippen molar-refractivity contribution in [3.05, 3.63) is 47.5 Å². The van der Waals surface area contributed by atoms with Gasteiger partial charge in [-0.25, -0.2) is 4.68 Å². The summed E-state index contributed by atoms with van der Waals surface area (Å²) in [7, 11) is 2.49. The van der Waals surface area contributed by atoms with Gasteiger partial charge in [-0.1, -0.05) is 40.6 Å². The fourth-order valence-electron chi connectivity index (χ4n) is 2.49. The third-order valence-electron chi connectivity index (χ3n) is 3.72. The number of carbonyl (C=O) groups is 1. The molecule has 0 N–H and O–H groups in total. The van der Waals surface area contributed by atoms with E-state index in [1.165, 1.54) is 18.9 Å². The van der Waals surface area contributed by atoms with E-state index in [2.05, 4.69) is 10.3 Å². The van der Waals surface area contributed by atoms with Crippen molar-refractivity contribution in [1.29, 1.82) is 0 Å². The van der Waals surface area contributed by atoms with Crippen LogP contribution in [0.15, 0.2) is 30.3 Å². The van der Waals surface area contributed by atoms with Crippen LogP contribution in [0, 0.1) is 5.95 Å². The number of rotatable bonds is 8. The smallest absolute Gasteiger partial charge is 0.324 e. The van der Waals surface area contributed by atoms with Gasteiger partial charge in [0, 0.05) is 14.2 Å². The van der Waals surface area contributed by atoms with Gasteiger partial charge in [0.1, 0.15) is 0 Å². The van der Waals surface area contributed by atoms with Crippen molar-refractivity contribution in [3.63, 3.8) is 0 Å². The van der Waals surface area contributed by atoms with Crippen LogP contribution in [0.25, 0.3) is 0 Å². The lowest BCUT2D eigenvalue weighted by molar-refractivity contribution is -0.335. The van der Waals surface area contributed by atoms with E-state index >= 15 is 0 Å². The molecular weight excluding hydrogens is 329 g/mol. The fourth-order valence-corrected chi connectivity index (χ4v) is 2.49. The summed E-state index contributed by atoms with van der Waals surface area (Å²) in [4.78, 5) is 13.0. The zero-order chi connectivity index (χ0) is 18.6. The van der Waals surface area contributed by atoms with E-state index < -0.39 is 29.8 Å². The van der Waals surface area contributed by atoms with E-state index in [0.29, 0.717) is 0 Å². The number of benzene rings is 1. The molecule has 25 heavy (non-hydrogen) atoms. The third-order valence-corrected chi connectivity index (χ3v) is 3.72. The van der Waals surface area contributed by atoms with Gasteiger partial charge < -0.3 is 14.2 Å². The van der Waals surface area contributed by atoms with Gasteiger partial charge in [-0.05, 0) is 26.3 Å². The molecule has 1 atom stereocenters. The third kappa shape index (κ3) is 3.76. The van der Waals surface area contributed by atoms with E-state index in [4.69, 9.17) is 14.2 Å². The molecule has 7 nitrogen and oxygen atoms in total. The molecule has 0 bridgehead atoms. The fraction of sp³-hybridized carbons (Fsp3) is 0.471. The number of hydrogen-bond donors (Lipinski definition) is 0. The first-order valence-corrected chi connectivity index (χ1v) is 7.84. The Morgan fingerprint density at radius 2 is 1.76 bits per heavy atom. The van der Waals surface area contributed by atoms with Crippen molar-refractivity contribution < 1.29 is 23.4 Å². The van der Waals surface area contributed by atoms with Crippen molar-refractivity contribution in [2.45, 2.75) is 38.9 Å². The summed E-state index contributed by atoms with van der Waals surface area (Å²) in [6, 6.07) is 8.82. The first kappa shape index (κ1) is 19.2. The lowest BCUT2D eigenvalue weighted by Crippen LogP contribution is -2.48. The monoisotopic (exact) mass is 351 g/mol. The number of nitrogens with zero attached hydrogens (tertiary/aromatic N) is 3. The number of ketones is 1. The first-order valence-electron chi connectivity index (χ1n) is 7.84. The Labute approximate surface area is 145 Å². The highest BCUT2D eigenvalue weighted by molar-refractivity contribution is 5.99. The molecule has 0 aliphatic heterocycles. The number of methoxy groups -OCH3 is 2. The number of Topliss-reactive ketones (excluding diaryl/α,β-unsaturated/α-hetero) is 1. The first-order chi connectivity index (χ1) is 11.9. The van der Waals surface area contributed by atoms with Gasteiger partial charge in [-0.3, -0.25) is 4.79 Å². The molecule has 0 unspecified atom stereocenters. The molecule has 2 rings (SSSR count). The maximum absolute atomic E-state index is 14.3. The number of halogens is 1. The molecule has 136 valence electrons. The molecule has 0 aliphatic rings. The van der Waals surface area contributed by atoms with Gasteiger partial charge in [0.05, 0.1) is 12.1 Å². The topological polar surface area (TPSA) is 75.5 Å². The molecule has 0 radical (unpaired) electrons. The minimum Gasteiger partial charge on any atom is -0.324 e.